The van der Waals surface area contributed by atoms with E-state index in [1.165, 1.54) is 0 Å². The normalized spacial score (nSPS) is 20.9. The first-order valence-electron chi connectivity index (χ1n) is 14.7. The van der Waals surface area contributed by atoms with Crippen molar-refractivity contribution in [3.8, 4) is 0 Å². The molecule has 5 N–H and O–H groups in total. The summed E-state index contributed by atoms with van der Waals surface area (Å²) in [4.78, 5) is 18.2. The molecule has 1 aliphatic rings. The Morgan fingerprint density at radius 2 is 1.23 bits per heavy atom. The largest absolute Gasteiger partial charge is 0.388 e. The summed E-state index contributed by atoms with van der Waals surface area (Å²) in [7, 11) is 0. The molecule has 1 aliphatic heterocycles. The summed E-state index contributed by atoms with van der Waals surface area (Å²) in [5, 5.41) is 31.6. The smallest absolute Gasteiger partial charge is 0.321 e. The van der Waals surface area contributed by atoms with Gasteiger partial charge in [-0.3, -0.25) is 5.10 Å². The van der Waals surface area contributed by atoms with Crippen LogP contribution in [0.1, 0.15) is 27.8 Å². The van der Waals surface area contributed by atoms with E-state index in [4.69, 9.17) is 5.73 Å². The molecule has 4 atom stereocenters. The van der Waals surface area contributed by atoms with Gasteiger partial charge in [0.25, 0.3) is 0 Å². The summed E-state index contributed by atoms with van der Waals surface area (Å²) in [5.74, 6) is 0.388. The zero-order valence-electron chi connectivity index (χ0n) is 24.2. The molecule has 0 unspecified atom stereocenters. The van der Waals surface area contributed by atoms with Gasteiger partial charge < -0.3 is 25.7 Å². The summed E-state index contributed by atoms with van der Waals surface area (Å²) in [6, 6.07) is 31.9. The van der Waals surface area contributed by atoms with Crippen molar-refractivity contribution in [3.63, 3.8) is 0 Å². The summed E-state index contributed by atoms with van der Waals surface area (Å²) < 4.78 is 0. The number of H-pyrrole nitrogens is 1. The molecule has 0 aliphatic carbocycles. The minimum atomic E-state index is -1.19. The fourth-order valence-corrected chi connectivity index (χ4v) is 6.08. The van der Waals surface area contributed by atoms with E-state index in [1.807, 2.05) is 110 Å². The topological polar surface area (TPSA) is 119 Å². The maximum absolute atomic E-state index is 14.8. The maximum Gasteiger partial charge on any atom is 0.321 e. The average Bonchev–Trinajstić information content (AvgIpc) is 3.38. The molecule has 2 amide bonds. The summed E-state index contributed by atoms with van der Waals surface area (Å²) in [6.45, 7) is 2.55. The van der Waals surface area contributed by atoms with Crippen molar-refractivity contribution in [3.05, 3.63) is 131 Å². The first-order chi connectivity index (χ1) is 20.9. The van der Waals surface area contributed by atoms with E-state index in [0.29, 0.717) is 25.2 Å². The van der Waals surface area contributed by atoms with Crippen molar-refractivity contribution >= 4 is 22.8 Å². The molecule has 6 rings (SSSR count). The molecule has 0 radical (unpaired) electrons. The monoisotopic (exact) mass is 575 g/mol. The first kappa shape index (κ1) is 28.5. The fourth-order valence-electron chi connectivity index (χ4n) is 6.08. The lowest BCUT2D eigenvalue weighted by molar-refractivity contribution is -0.0408. The third-order valence-corrected chi connectivity index (χ3v) is 8.49. The number of nitrogen functional groups attached to an aromatic ring is 1. The van der Waals surface area contributed by atoms with Gasteiger partial charge in [0.2, 0.25) is 0 Å². The molecule has 8 heteroatoms. The Balaban J connectivity index is 1.43. The summed E-state index contributed by atoms with van der Waals surface area (Å²) >= 11 is 0. The van der Waals surface area contributed by atoms with Crippen molar-refractivity contribution in [1.82, 2.24) is 20.0 Å². The van der Waals surface area contributed by atoms with Gasteiger partial charge in [-0.2, -0.15) is 5.10 Å². The number of nitrogens with zero attached hydrogens (tertiary/aromatic N) is 3. The molecule has 220 valence electrons. The number of hydrogen-bond donors (Lipinski definition) is 4. The van der Waals surface area contributed by atoms with Crippen LogP contribution in [-0.2, 0) is 25.9 Å². The standard InChI is InChI=1S/C35H37N5O3/c1-23-12-14-25(15-13-23)20-31-33(42)32(41)30(19-24-8-4-2-5-9-24)40(35(43)39(31)21-26-10-6-3-7-11-26)22-27-16-17-29-28(18-27)34(36)38-37-29/h2-18,30-33,41-42H,19-22H2,1H3,(H3,36,37,38)/t30-,31-,32+,33+/m1/s1. The number of rotatable bonds is 8. The van der Waals surface area contributed by atoms with Gasteiger partial charge >= 0.3 is 6.03 Å². The number of anilines is 1. The number of carbonyl (C=O) groups excluding carboxylic acids is 1. The number of amides is 2. The van der Waals surface area contributed by atoms with Gasteiger partial charge in [0.05, 0.1) is 17.6 Å². The third-order valence-electron chi connectivity index (χ3n) is 8.49. The quantitative estimate of drug-likeness (QED) is 0.211. The molecular formula is C35H37N5O3. The zero-order chi connectivity index (χ0) is 29.9. The highest BCUT2D eigenvalue weighted by atomic mass is 16.3. The Morgan fingerprint density at radius 3 is 1.84 bits per heavy atom. The van der Waals surface area contributed by atoms with Gasteiger partial charge in [-0.05, 0) is 54.2 Å². The number of nitrogens with one attached hydrogen (secondary N) is 1. The minimum Gasteiger partial charge on any atom is -0.388 e. The van der Waals surface area contributed by atoms with Gasteiger partial charge in [0.1, 0.15) is 12.2 Å². The number of aromatic amines is 1. The van der Waals surface area contributed by atoms with E-state index >= 15 is 0 Å². The number of hydrogen-bond acceptors (Lipinski definition) is 5. The van der Waals surface area contributed by atoms with Gasteiger partial charge in [0, 0.05) is 18.5 Å². The zero-order valence-corrected chi connectivity index (χ0v) is 24.2. The van der Waals surface area contributed by atoms with Crippen molar-refractivity contribution in [1.29, 1.82) is 0 Å². The minimum absolute atomic E-state index is 0.225. The van der Waals surface area contributed by atoms with Gasteiger partial charge in [-0.15, -0.1) is 0 Å². The number of urea groups is 1. The van der Waals surface area contributed by atoms with Crippen LogP contribution in [0.15, 0.2) is 103 Å². The van der Waals surface area contributed by atoms with Crippen LogP contribution in [0.5, 0.6) is 0 Å². The number of fused-ring (bicyclic) bond motifs is 1. The Bertz CT molecular complexity index is 1670. The van der Waals surface area contributed by atoms with Crippen LogP contribution in [0, 0.1) is 6.92 Å². The number of aromatic nitrogens is 2. The molecule has 5 aromatic rings. The Morgan fingerprint density at radius 1 is 0.721 bits per heavy atom. The van der Waals surface area contributed by atoms with Gasteiger partial charge in [-0.25, -0.2) is 4.79 Å². The molecule has 0 bridgehead atoms. The SMILES string of the molecule is Cc1ccc(C[C@@H]2[C@H](O)[C@@H](O)[C@@H](Cc3ccccc3)N(Cc3ccc4[nH]nc(N)c4c3)C(=O)N2Cc2ccccc2)cc1. The molecule has 0 spiro atoms. The van der Waals surface area contributed by atoms with Crippen LogP contribution in [0.4, 0.5) is 10.6 Å². The van der Waals surface area contributed by atoms with Crippen LogP contribution in [0.2, 0.25) is 0 Å². The molecule has 1 saturated heterocycles. The van der Waals surface area contributed by atoms with E-state index in [0.717, 1.165) is 38.7 Å². The van der Waals surface area contributed by atoms with Crippen molar-refractivity contribution < 1.29 is 15.0 Å². The Hall–Kier alpha value is -4.66. The summed E-state index contributed by atoms with van der Waals surface area (Å²) in [5.41, 5.74) is 11.8. The molecule has 1 aromatic heterocycles. The number of aliphatic hydroxyl groups excluding tert-OH is 2. The third kappa shape index (κ3) is 6.11. The second-order valence-electron chi connectivity index (χ2n) is 11.5. The van der Waals surface area contributed by atoms with Crippen LogP contribution >= 0.6 is 0 Å². The highest BCUT2D eigenvalue weighted by Crippen LogP contribution is 2.31. The second-order valence-corrected chi connectivity index (χ2v) is 11.5. The molecule has 1 fully saturated rings. The Kier molecular flexibility index (Phi) is 8.13. The van der Waals surface area contributed by atoms with E-state index in [-0.39, 0.29) is 12.6 Å². The molecule has 0 saturated carbocycles. The number of benzene rings is 4. The first-order valence-corrected chi connectivity index (χ1v) is 14.7. The molecular weight excluding hydrogens is 538 g/mol. The van der Waals surface area contributed by atoms with E-state index < -0.39 is 24.3 Å². The molecule has 2 heterocycles. The van der Waals surface area contributed by atoms with Crippen LogP contribution < -0.4 is 5.73 Å². The molecule has 8 nitrogen and oxygen atoms in total. The van der Waals surface area contributed by atoms with Crippen LogP contribution in [-0.4, -0.2) is 60.5 Å². The molecule has 4 aromatic carbocycles. The highest BCUT2D eigenvalue weighted by Gasteiger charge is 2.46. The number of aliphatic hydroxyl groups is 2. The highest BCUT2D eigenvalue weighted by molar-refractivity contribution is 5.89. The fraction of sp³-hybridized carbons (Fsp3) is 0.257. The molecule has 43 heavy (non-hydrogen) atoms. The lowest BCUT2D eigenvalue weighted by atomic mass is 9.90. The summed E-state index contributed by atoms with van der Waals surface area (Å²) in [6.07, 6.45) is -1.58. The average molecular weight is 576 g/mol. The van der Waals surface area contributed by atoms with E-state index in [9.17, 15) is 15.0 Å². The van der Waals surface area contributed by atoms with Gasteiger partial charge in [-0.1, -0.05) is 96.6 Å². The van der Waals surface area contributed by atoms with Crippen molar-refractivity contribution in [2.24, 2.45) is 0 Å². The predicted molar refractivity (Wildman–Crippen MR) is 168 cm³/mol. The predicted octanol–water partition coefficient (Wildman–Crippen LogP) is 4.84. The van der Waals surface area contributed by atoms with Crippen LogP contribution in [0.25, 0.3) is 10.9 Å². The number of nitrogens with two attached hydrogens (primary N) is 1. The van der Waals surface area contributed by atoms with Crippen LogP contribution in [0.3, 0.4) is 0 Å². The van der Waals surface area contributed by atoms with Crippen molar-refractivity contribution in [2.75, 3.05) is 5.73 Å². The Labute approximate surface area is 251 Å². The van der Waals surface area contributed by atoms with E-state index in [2.05, 4.69) is 10.2 Å². The van der Waals surface area contributed by atoms with E-state index in [1.54, 1.807) is 9.80 Å². The lowest BCUT2D eigenvalue weighted by Gasteiger charge is -2.36. The number of carbonyl (C=O) groups is 1. The lowest BCUT2D eigenvalue weighted by Crippen LogP contribution is -2.50. The van der Waals surface area contributed by atoms with Crippen molar-refractivity contribution in [2.45, 2.75) is 57.1 Å². The number of aryl methyl sites for hydroxylation is 1. The second kappa shape index (κ2) is 12.3. The van der Waals surface area contributed by atoms with Gasteiger partial charge in [0.15, 0.2) is 5.82 Å². The maximum atomic E-state index is 14.8.